The summed E-state index contributed by atoms with van der Waals surface area (Å²) >= 11 is 0. The Balaban J connectivity index is 2.02. The van der Waals surface area contributed by atoms with Crippen molar-refractivity contribution in [2.45, 2.75) is 34.6 Å². The van der Waals surface area contributed by atoms with E-state index in [-0.39, 0.29) is 17.2 Å². The Kier molecular flexibility index (Phi) is 6.12. The minimum Gasteiger partial charge on any atom is -0.506 e. The van der Waals surface area contributed by atoms with Crippen molar-refractivity contribution in [1.29, 1.82) is 0 Å². The molecule has 0 bridgehead atoms. The van der Waals surface area contributed by atoms with Gasteiger partial charge in [0.15, 0.2) is 17.2 Å². The lowest BCUT2D eigenvalue weighted by atomic mass is 10.0. The molecule has 174 valence electrons. The molecule has 34 heavy (non-hydrogen) atoms. The van der Waals surface area contributed by atoms with Gasteiger partial charge in [-0.2, -0.15) is 0 Å². The number of phenols is 3. The van der Waals surface area contributed by atoms with Crippen LogP contribution in [0.4, 0.5) is 17.1 Å². The molecular formula is C29H29NO4. The van der Waals surface area contributed by atoms with Crippen LogP contribution in [-0.2, 0) is 0 Å². The normalized spacial score (nSPS) is 10.9. The molecule has 0 aliphatic heterocycles. The first kappa shape index (κ1) is 23.1. The van der Waals surface area contributed by atoms with Crippen molar-refractivity contribution in [3.05, 3.63) is 94.5 Å². The predicted molar refractivity (Wildman–Crippen MR) is 136 cm³/mol. The molecule has 4 aromatic carbocycles. The summed E-state index contributed by atoms with van der Waals surface area (Å²) < 4.78 is 6.21. The zero-order valence-corrected chi connectivity index (χ0v) is 20.0. The monoisotopic (exact) mass is 455 g/mol. The maximum absolute atomic E-state index is 11.0. The standard InChI is InChI=1S/C29H29NO4/c1-17-13-15-23(31)27(20(17)4)30(28-21(5)18(2)14-16-24(28)32)22-10-6-7-11-25(22)34-26-12-8-9-19(3)29(26)33/h6-16,31-33H,1-5H3. The highest BCUT2D eigenvalue weighted by molar-refractivity contribution is 5.89. The Morgan fingerprint density at radius 3 is 1.68 bits per heavy atom. The molecule has 4 aromatic rings. The van der Waals surface area contributed by atoms with Gasteiger partial charge in [-0.1, -0.05) is 36.4 Å². The van der Waals surface area contributed by atoms with Crippen LogP contribution in [0.3, 0.4) is 0 Å². The molecule has 3 N–H and O–H groups in total. The van der Waals surface area contributed by atoms with Crippen LogP contribution < -0.4 is 9.64 Å². The summed E-state index contributed by atoms with van der Waals surface area (Å²) in [5.74, 6) is 1.01. The van der Waals surface area contributed by atoms with Gasteiger partial charge in [0.2, 0.25) is 0 Å². The number of aromatic hydroxyl groups is 3. The third-order valence-electron chi connectivity index (χ3n) is 6.34. The second-order valence-electron chi connectivity index (χ2n) is 8.58. The second-order valence-corrected chi connectivity index (χ2v) is 8.58. The molecule has 0 amide bonds. The SMILES string of the molecule is Cc1ccc(O)c(N(c2ccccc2Oc2cccc(C)c2O)c2c(O)ccc(C)c2C)c1C. The minimum absolute atomic E-state index is 0.0630. The first-order valence-electron chi connectivity index (χ1n) is 11.1. The van der Waals surface area contributed by atoms with Gasteiger partial charge in [-0.15, -0.1) is 0 Å². The molecule has 4 rings (SSSR count). The molecule has 0 fully saturated rings. The molecule has 0 radical (unpaired) electrons. The number of ether oxygens (including phenoxy) is 1. The molecule has 0 atom stereocenters. The van der Waals surface area contributed by atoms with E-state index >= 15 is 0 Å². The average molecular weight is 456 g/mol. The lowest BCUT2D eigenvalue weighted by molar-refractivity contribution is 0.409. The van der Waals surface area contributed by atoms with Crippen LogP contribution in [-0.4, -0.2) is 15.3 Å². The van der Waals surface area contributed by atoms with Gasteiger partial charge < -0.3 is 20.1 Å². The molecule has 0 heterocycles. The highest BCUT2D eigenvalue weighted by Gasteiger charge is 2.27. The van der Waals surface area contributed by atoms with Crippen molar-refractivity contribution in [2.24, 2.45) is 0 Å². The van der Waals surface area contributed by atoms with E-state index in [1.54, 1.807) is 24.3 Å². The maximum atomic E-state index is 11.0. The number of anilines is 3. The number of benzene rings is 4. The van der Waals surface area contributed by atoms with Crippen LogP contribution in [0.2, 0.25) is 0 Å². The van der Waals surface area contributed by atoms with Crippen LogP contribution >= 0.6 is 0 Å². The van der Waals surface area contributed by atoms with Gasteiger partial charge in [-0.3, -0.25) is 4.90 Å². The quantitative estimate of drug-likeness (QED) is 0.289. The van der Waals surface area contributed by atoms with E-state index in [0.717, 1.165) is 22.3 Å². The number of phenolic OH excluding ortho intramolecular Hbond substituents is 3. The van der Waals surface area contributed by atoms with E-state index < -0.39 is 0 Å². The van der Waals surface area contributed by atoms with Crippen molar-refractivity contribution in [1.82, 2.24) is 0 Å². The van der Waals surface area contributed by atoms with Gasteiger partial charge in [0.25, 0.3) is 0 Å². The fraction of sp³-hybridized carbons (Fsp3) is 0.172. The van der Waals surface area contributed by atoms with Gasteiger partial charge >= 0.3 is 0 Å². The van der Waals surface area contributed by atoms with Gasteiger partial charge in [0.05, 0.1) is 17.1 Å². The predicted octanol–water partition coefficient (Wildman–Crippen LogP) is 7.61. The number of aryl methyl sites for hydroxylation is 3. The van der Waals surface area contributed by atoms with Gasteiger partial charge in [0, 0.05) is 0 Å². The van der Waals surface area contributed by atoms with Crippen molar-refractivity contribution in [3.8, 4) is 28.7 Å². The molecular weight excluding hydrogens is 426 g/mol. The van der Waals surface area contributed by atoms with Crippen LogP contribution in [0.25, 0.3) is 0 Å². The lowest BCUT2D eigenvalue weighted by Crippen LogP contribution is -2.15. The summed E-state index contributed by atoms with van der Waals surface area (Å²) in [6.45, 7) is 9.65. The number of hydrogen-bond donors (Lipinski definition) is 3. The summed E-state index contributed by atoms with van der Waals surface area (Å²) in [5.41, 5.74) is 6.14. The first-order chi connectivity index (χ1) is 16.2. The Hall–Kier alpha value is -4.12. The Labute approximate surface area is 200 Å². The summed E-state index contributed by atoms with van der Waals surface area (Å²) in [7, 11) is 0. The van der Waals surface area contributed by atoms with E-state index in [1.165, 1.54) is 0 Å². The summed E-state index contributed by atoms with van der Waals surface area (Å²) in [6, 6.07) is 19.7. The van der Waals surface area contributed by atoms with Gasteiger partial charge in [0.1, 0.15) is 11.5 Å². The summed E-state index contributed by atoms with van der Waals surface area (Å²) in [5, 5.41) is 32.6. The lowest BCUT2D eigenvalue weighted by Gasteiger charge is -2.31. The highest BCUT2D eigenvalue weighted by Crippen LogP contribution is 2.51. The van der Waals surface area contributed by atoms with Crippen molar-refractivity contribution >= 4 is 17.1 Å². The van der Waals surface area contributed by atoms with E-state index in [1.807, 2.05) is 82.0 Å². The molecule has 0 spiro atoms. The average Bonchev–Trinajstić information content (AvgIpc) is 2.81. The number of nitrogens with zero attached hydrogens (tertiary/aromatic N) is 1. The zero-order chi connectivity index (χ0) is 24.6. The fourth-order valence-corrected chi connectivity index (χ4v) is 4.05. The van der Waals surface area contributed by atoms with Crippen LogP contribution in [0.15, 0.2) is 66.7 Å². The van der Waals surface area contributed by atoms with E-state index in [0.29, 0.717) is 34.1 Å². The van der Waals surface area contributed by atoms with E-state index in [4.69, 9.17) is 4.74 Å². The maximum Gasteiger partial charge on any atom is 0.169 e. The Bertz CT molecular complexity index is 1320. The molecule has 5 heteroatoms. The van der Waals surface area contributed by atoms with E-state index in [2.05, 4.69) is 0 Å². The molecule has 0 saturated heterocycles. The number of rotatable bonds is 5. The Morgan fingerprint density at radius 1 is 0.559 bits per heavy atom. The number of para-hydroxylation sites is 3. The Morgan fingerprint density at radius 2 is 1.09 bits per heavy atom. The molecule has 0 aliphatic carbocycles. The highest BCUT2D eigenvalue weighted by atomic mass is 16.5. The topological polar surface area (TPSA) is 73.2 Å². The summed E-state index contributed by atoms with van der Waals surface area (Å²) in [6.07, 6.45) is 0. The third kappa shape index (κ3) is 4.01. The molecule has 0 saturated carbocycles. The van der Waals surface area contributed by atoms with E-state index in [9.17, 15) is 15.3 Å². The van der Waals surface area contributed by atoms with Crippen molar-refractivity contribution < 1.29 is 20.1 Å². The van der Waals surface area contributed by atoms with Gasteiger partial charge in [-0.05, 0) is 92.8 Å². The van der Waals surface area contributed by atoms with Crippen LogP contribution in [0.5, 0.6) is 28.7 Å². The molecule has 5 nitrogen and oxygen atoms in total. The first-order valence-corrected chi connectivity index (χ1v) is 11.1. The fourth-order valence-electron chi connectivity index (χ4n) is 4.05. The minimum atomic E-state index is 0.0630. The third-order valence-corrected chi connectivity index (χ3v) is 6.34. The molecule has 0 aromatic heterocycles. The smallest absolute Gasteiger partial charge is 0.169 e. The zero-order valence-electron chi connectivity index (χ0n) is 20.0. The van der Waals surface area contributed by atoms with Crippen molar-refractivity contribution in [3.63, 3.8) is 0 Å². The second kappa shape index (κ2) is 9.02. The summed E-state index contributed by atoms with van der Waals surface area (Å²) in [4.78, 5) is 1.83. The van der Waals surface area contributed by atoms with Gasteiger partial charge in [-0.25, -0.2) is 0 Å². The largest absolute Gasteiger partial charge is 0.506 e. The number of hydrogen-bond acceptors (Lipinski definition) is 5. The molecule has 0 unspecified atom stereocenters. The molecule has 0 aliphatic rings. The van der Waals surface area contributed by atoms with Crippen LogP contribution in [0, 0.1) is 34.6 Å². The van der Waals surface area contributed by atoms with Crippen LogP contribution in [0.1, 0.15) is 27.8 Å². The van der Waals surface area contributed by atoms with Crippen molar-refractivity contribution in [2.75, 3.05) is 4.90 Å².